The fourth-order valence-corrected chi connectivity index (χ4v) is 2.57. The fraction of sp³-hybridized carbons (Fsp3) is 0. The third kappa shape index (κ3) is 5.40. The summed E-state index contributed by atoms with van der Waals surface area (Å²) >= 11 is 0. The summed E-state index contributed by atoms with van der Waals surface area (Å²) in [4.78, 5) is 28.0. The molecule has 0 saturated heterocycles. The van der Waals surface area contributed by atoms with Crippen LogP contribution in [0.5, 0.6) is 11.5 Å². The molecule has 3 rings (SSSR count). The van der Waals surface area contributed by atoms with Gasteiger partial charge in [-0.05, 0) is 59.7 Å². The average Bonchev–Trinajstić information content (AvgIpc) is 2.78. The molecular formula is C23H19N3O3. The van der Waals surface area contributed by atoms with Crippen molar-refractivity contribution in [3.05, 3.63) is 108 Å². The lowest BCUT2D eigenvalue weighted by Gasteiger charge is -2.09. The maximum absolute atomic E-state index is 12.6. The van der Waals surface area contributed by atoms with Gasteiger partial charge < -0.3 is 15.8 Å². The van der Waals surface area contributed by atoms with E-state index >= 15 is 0 Å². The Balaban J connectivity index is 1.76. The van der Waals surface area contributed by atoms with Gasteiger partial charge in [-0.15, -0.1) is 0 Å². The van der Waals surface area contributed by atoms with E-state index in [0.717, 1.165) is 5.56 Å². The van der Waals surface area contributed by atoms with Crippen molar-refractivity contribution in [2.45, 2.75) is 0 Å². The number of aldehydes is 1. The van der Waals surface area contributed by atoms with E-state index in [0.29, 0.717) is 28.9 Å². The molecule has 6 heteroatoms. The van der Waals surface area contributed by atoms with Crippen LogP contribution in [0.4, 0.5) is 0 Å². The van der Waals surface area contributed by atoms with Crippen molar-refractivity contribution in [1.82, 2.24) is 10.3 Å². The highest BCUT2D eigenvalue weighted by Gasteiger charge is 2.10. The first-order valence-electron chi connectivity index (χ1n) is 8.83. The number of nitrogens with one attached hydrogen (secondary N) is 1. The Kier molecular flexibility index (Phi) is 6.52. The van der Waals surface area contributed by atoms with Crippen molar-refractivity contribution in [3.8, 4) is 11.5 Å². The highest BCUT2D eigenvalue weighted by Crippen LogP contribution is 2.22. The van der Waals surface area contributed by atoms with Gasteiger partial charge in [0, 0.05) is 24.2 Å². The summed E-state index contributed by atoms with van der Waals surface area (Å²) in [5.74, 6) is 0.737. The normalized spacial score (nSPS) is 11.6. The van der Waals surface area contributed by atoms with Crippen LogP contribution in [0.1, 0.15) is 15.9 Å². The van der Waals surface area contributed by atoms with Crippen molar-refractivity contribution in [2.75, 3.05) is 0 Å². The number of rotatable bonds is 7. The Morgan fingerprint density at radius 2 is 1.66 bits per heavy atom. The van der Waals surface area contributed by atoms with Gasteiger partial charge in [0.25, 0.3) is 5.91 Å². The minimum absolute atomic E-state index is 0.0814. The number of aromatic nitrogens is 1. The molecule has 144 valence electrons. The van der Waals surface area contributed by atoms with Gasteiger partial charge in [-0.3, -0.25) is 14.6 Å². The van der Waals surface area contributed by atoms with Gasteiger partial charge in [-0.1, -0.05) is 24.3 Å². The van der Waals surface area contributed by atoms with Crippen LogP contribution in [0, 0.1) is 0 Å². The maximum Gasteiger partial charge on any atom is 0.255 e. The fourth-order valence-electron chi connectivity index (χ4n) is 2.57. The molecule has 3 aromatic rings. The second-order valence-electron chi connectivity index (χ2n) is 5.97. The summed E-state index contributed by atoms with van der Waals surface area (Å²) in [5, 5.41) is 2.60. The number of carbonyl (C=O) groups is 2. The van der Waals surface area contributed by atoms with E-state index in [2.05, 4.69) is 10.3 Å². The van der Waals surface area contributed by atoms with Gasteiger partial charge in [0.2, 0.25) is 0 Å². The predicted octanol–water partition coefficient (Wildman–Crippen LogP) is 3.69. The number of carbonyl (C=O) groups excluding carboxylic acids is 2. The molecule has 0 aliphatic heterocycles. The quantitative estimate of drug-likeness (QED) is 0.367. The number of hydrogen-bond donors (Lipinski definition) is 2. The van der Waals surface area contributed by atoms with Gasteiger partial charge in [-0.25, -0.2) is 0 Å². The van der Waals surface area contributed by atoms with Gasteiger partial charge in [0.1, 0.15) is 11.5 Å². The van der Waals surface area contributed by atoms with E-state index in [-0.39, 0.29) is 5.70 Å². The molecule has 3 N–H and O–H groups in total. The van der Waals surface area contributed by atoms with Crippen molar-refractivity contribution in [2.24, 2.45) is 5.73 Å². The van der Waals surface area contributed by atoms with Crippen LogP contribution >= 0.6 is 0 Å². The van der Waals surface area contributed by atoms with Crippen LogP contribution in [0.2, 0.25) is 0 Å². The Morgan fingerprint density at radius 1 is 0.931 bits per heavy atom. The highest BCUT2D eigenvalue weighted by molar-refractivity contribution is 5.99. The number of para-hydroxylation sites is 1. The topological polar surface area (TPSA) is 94.3 Å². The van der Waals surface area contributed by atoms with Crippen molar-refractivity contribution in [1.29, 1.82) is 0 Å². The number of pyridine rings is 1. The maximum atomic E-state index is 12.6. The summed E-state index contributed by atoms with van der Waals surface area (Å²) in [6.45, 7) is 0. The third-order valence-corrected chi connectivity index (χ3v) is 3.96. The Labute approximate surface area is 168 Å². The van der Waals surface area contributed by atoms with Crippen LogP contribution in [0.15, 0.2) is 97.1 Å². The highest BCUT2D eigenvalue weighted by atomic mass is 16.5. The van der Waals surface area contributed by atoms with Crippen molar-refractivity contribution in [3.63, 3.8) is 0 Å². The SMILES string of the molecule is N/C=C(\C=C(/C=O)NC(=O)c1cccc(Oc2ccccc2)c1)c1ccncc1. The first-order valence-corrected chi connectivity index (χ1v) is 8.83. The molecule has 0 atom stereocenters. The lowest BCUT2D eigenvalue weighted by molar-refractivity contribution is -0.105. The summed E-state index contributed by atoms with van der Waals surface area (Å²) in [5.41, 5.74) is 7.46. The zero-order chi connectivity index (χ0) is 20.5. The van der Waals surface area contributed by atoms with E-state index in [1.54, 1.807) is 48.8 Å². The Hall–Kier alpha value is -4.19. The van der Waals surface area contributed by atoms with Gasteiger partial charge in [0.15, 0.2) is 6.29 Å². The molecule has 0 bridgehead atoms. The van der Waals surface area contributed by atoms with E-state index in [9.17, 15) is 9.59 Å². The number of amides is 1. The van der Waals surface area contributed by atoms with Gasteiger partial charge in [-0.2, -0.15) is 0 Å². The number of allylic oxidation sites excluding steroid dienone is 3. The molecule has 0 aliphatic carbocycles. The lowest BCUT2D eigenvalue weighted by atomic mass is 10.1. The first kappa shape index (κ1) is 19.6. The minimum atomic E-state index is -0.437. The summed E-state index contributed by atoms with van der Waals surface area (Å²) in [6, 6.07) is 19.5. The molecule has 0 aliphatic rings. The molecule has 1 amide bonds. The van der Waals surface area contributed by atoms with Crippen LogP contribution in [-0.2, 0) is 4.79 Å². The van der Waals surface area contributed by atoms with E-state index in [4.69, 9.17) is 10.5 Å². The third-order valence-electron chi connectivity index (χ3n) is 3.96. The second-order valence-corrected chi connectivity index (χ2v) is 5.97. The standard InChI is InChI=1S/C23H19N3O3/c24-15-19(17-9-11-25-12-10-17)13-20(16-27)26-23(28)18-5-4-8-22(14-18)29-21-6-2-1-3-7-21/h1-16H,24H2,(H,26,28)/b19-15+,20-13+. The largest absolute Gasteiger partial charge is 0.457 e. The monoisotopic (exact) mass is 385 g/mol. The summed E-state index contributed by atoms with van der Waals surface area (Å²) in [7, 11) is 0. The molecule has 29 heavy (non-hydrogen) atoms. The zero-order valence-corrected chi connectivity index (χ0v) is 15.5. The molecule has 1 heterocycles. The Bertz CT molecular complexity index is 1050. The number of benzene rings is 2. The van der Waals surface area contributed by atoms with Crippen LogP contribution in [-0.4, -0.2) is 17.2 Å². The molecule has 0 fully saturated rings. The molecule has 0 saturated carbocycles. The van der Waals surface area contributed by atoms with E-state index in [1.807, 2.05) is 30.3 Å². The lowest BCUT2D eigenvalue weighted by Crippen LogP contribution is -2.23. The number of nitrogens with two attached hydrogens (primary N) is 1. The van der Waals surface area contributed by atoms with Crippen LogP contribution < -0.4 is 15.8 Å². The molecule has 0 spiro atoms. The molecule has 1 aromatic heterocycles. The number of ether oxygens (including phenoxy) is 1. The summed E-state index contributed by atoms with van der Waals surface area (Å²) in [6.07, 6.45) is 6.66. The van der Waals surface area contributed by atoms with Crippen LogP contribution in [0.3, 0.4) is 0 Å². The van der Waals surface area contributed by atoms with Crippen molar-refractivity contribution < 1.29 is 14.3 Å². The zero-order valence-electron chi connectivity index (χ0n) is 15.5. The molecule has 0 unspecified atom stereocenters. The minimum Gasteiger partial charge on any atom is -0.457 e. The Morgan fingerprint density at radius 3 is 2.34 bits per heavy atom. The van der Waals surface area contributed by atoms with Gasteiger partial charge >= 0.3 is 0 Å². The number of hydrogen-bond acceptors (Lipinski definition) is 5. The smallest absolute Gasteiger partial charge is 0.255 e. The summed E-state index contributed by atoms with van der Waals surface area (Å²) < 4.78 is 5.74. The van der Waals surface area contributed by atoms with Gasteiger partial charge in [0.05, 0.1) is 5.70 Å². The first-order chi connectivity index (χ1) is 14.2. The molecular weight excluding hydrogens is 366 g/mol. The molecule has 0 radical (unpaired) electrons. The van der Waals surface area contributed by atoms with Crippen LogP contribution in [0.25, 0.3) is 5.57 Å². The second kappa shape index (κ2) is 9.66. The average molecular weight is 385 g/mol. The number of nitrogens with zero attached hydrogens (tertiary/aromatic N) is 1. The molecule has 6 nitrogen and oxygen atoms in total. The molecule has 2 aromatic carbocycles. The van der Waals surface area contributed by atoms with Crippen molar-refractivity contribution >= 4 is 17.8 Å². The predicted molar refractivity (Wildman–Crippen MR) is 111 cm³/mol. The van der Waals surface area contributed by atoms with E-state index in [1.165, 1.54) is 12.3 Å². The van der Waals surface area contributed by atoms with E-state index < -0.39 is 5.91 Å².